The lowest BCUT2D eigenvalue weighted by molar-refractivity contribution is -0.167. The molecule has 1 unspecified atom stereocenters. The van der Waals surface area contributed by atoms with E-state index in [1.807, 2.05) is 0 Å². The molecular weight excluding hydrogens is 949 g/mol. The Hall–Kier alpha value is -2.89. The number of hydrogen-bond donors (Lipinski definition) is 0. The van der Waals surface area contributed by atoms with Gasteiger partial charge in [0.25, 0.3) is 0 Å². The van der Waals surface area contributed by atoms with Gasteiger partial charge in [-0.25, -0.2) is 0 Å². The van der Waals surface area contributed by atoms with Gasteiger partial charge in [0.05, 0.1) is 0 Å². The van der Waals surface area contributed by atoms with Crippen molar-refractivity contribution in [2.75, 3.05) is 13.2 Å². The Bertz CT molecular complexity index is 1380. The molecule has 0 aromatic rings. The average molecular weight is 1080 g/mol. The molecule has 0 saturated carbocycles. The summed E-state index contributed by atoms with van der Waals surface area (Å²) in [5.74, 6) is -0.886. The molecule has 0 heterocycles. The zero-order valence-electron chi connectivity index (χ0n) is 51.5. The molecule has 0 spiro atoms. The first kappa shape index (κ1) is 74.1. The Balaban J connectivity index is 4.08. The van der Waals surface area contributed by atoms with Crippen molar-refractivity contribution in [1.82, 2.24) is 0 Å². The van der Waals surface area contributed by atoms with Crippen LogP contribution in [-0.2, 0) is 28.6 Å². The van der Waals surface area contributed by atoms with Gasteiger partial charge in [-0.3, -0.25) is 14.4 Å². The third-order valence-corrected chi connectivity index (χ3v) is 14.9. The summed E-state index contributed by atoms with van der Waals surface area (Å²) in [6.45, 7) is 6.57. The zero-order valence-corrected chi connectivity index (χ0v) is 51.5. The topological polar surface area (TPSA) is 78.9 Å². The quantitative estimate of drug-likeness (QED) is 0.0261. The highest BCUT2D eigenvalue weighted by Gasteiger charge is 2.19. The molecule has 0 aliphatic heterocycles. The molecule has 448 valence electrons. The second-order valence-electron chi connectivity index (χ2n) is 22.7. The third-order valence-electron chi connectivity index (χ3n) is 14.9. The van der Waals surface area contributed by atoms with Crippen molar-refractivity contribution in [1.29, 1.82) is 0 Å². The van der Waals surface area contributed by atoms with Gasteiger partial charge in [0.2, 0.25) is 0 Å². The third kappa shape index (κ3) is 63.8. The fourth-order valence-electron chi connectivity index (χ4n) is 9.86. The Labute approximate surface area is 479 Å². The van der Waals surface area contributed by atoms with Crippen molar-refractivity contribution >= 4 is 17.9 Å². The van der Waals surface area contributed by atoms with Gasteiger partial charge in [-0.15, -0.1) is 0 Å². The summed E-state index contributed by atoms with van der Waals surface area (Å²) in [6.07, 6.45) is 84.0. The van der Waals surface area contributed by atoms with Crippen LogP contribution < -0.4 is 0 Å². The van der Waals surface area contributed by atoms with Crippen LogP contribution >= 0.6 is 0 Å². The van der Waals surface area contributed by atoms with E-state index in [0.717, 1.165) is 103 Å². The van der Waals surface area contributed by atoms with E-state index in [0.29, 0.717) is 19.3 Å². The molecule has 6 heteroatoms. The van der Waals surface area contributed by atoms with Crippen LogP contribution in [0.1, 0.15) is 355 Å². The van der Waals surface area contributed by atoms with Crippen LogP contribution in [0, 0.1) is 0 Å². The summed E-state index contributed by atoms with van der Waals surface area (Å²) in [6, 6.07) is 0. The van der Waals surface area contributed by atoms with Crippen LogP contribution in [0.2, 0.25) is 0 Å². The maximum Gasteiger partial charge on any atom is 0.306 e. The maximum atomic E-state index is 12.9. The number of allylic oxidation sites excluding steroid dienone is 10. The van der Waals surface area contributed by atoms with E-state index < -0.39 is 6.10 Å². The molecule has 0 fully saturated rings. The van der Waals surface area contributed by atoms with Crippen molar-refractivity contribution in [2.24, 2.45) is 0 Å². The molecule has 0 aliphatic rings. The van der Waals surface area contributed by atoms with Crippen LogP contribution in [0.5, 0.6) is 0 Å². The second kappa shape index (κ2) is 65.6. The molecule has 0 aliphatic carbocycles. The van der Waals surface area contributed by atoms with Crippen molar-refractivity contribution in [3.05, 3.63) is 60.8 Å². The van der Waals surface area contributed by atoms with Gasteiger partial charge < -0.3 is 14.2 Å². The van der Waals surface area contributed by atoms with E-state index in [1.165, 1.54) is 212 Å². The van der Waals surface area contributed by atoms with Crippen LogP contribution in [0.3, 0.4) is 0 Å². The first-order valence-electron chi connectivity index (χ1n) is 33.8. The number of carbonyl (C=O) groups is 3. The predicted molar refractivity (Wildman–Crippen MR) is 335 cm³/mol. The van der Waals surface area contributed by atoms with E-state index in [1.54, 1.807) is 0 Å². The first-order chi connectivity index (χ1) is 38.0. The predicted octanol–water partition coefficient (Wildman–Crippen LogP) is 23.1. The van der Waals surface area contributed by atoms with E-state index in [4.69, 9.17) is 14.2 Å². The summed E-state index contributed by atoms with van der Waals surface area (Å²) < 4.78 is 16.9. The maximum absolute atomic E-state index is 12.9. The minimum Gasteiger partial charge on any atom is -0.462 e. The Morgan fingerprint density at radius 2 is 0.494 bits per heavy atom. The smallest absolute Gasteiger partial charge is 0.306 e. The number of unbranched alkanes of at least 4 members (excludes halogenated alkanes) is 41. The standard InChI is InChI=1S/C71H128O6/c1-4-7-10-13-16-19-22-25-26-27-28-29-30-31-32-33-34-35-36-37-38-39-40-41-42-43-44-47-49-52-55-58-61-64-70(73)76-67-68(77-71(74)65-62-59-56-53-50-46-24-21-18-15-12-9-6-3)66-75-69(72)63-60-57-54-51-48-45-23-20-17-14-11-8-5-2/h12,15,20-25,27-28,68H,4-11,13-14,16-19,26,29-67H2,1-3H3/b15-12-,23-20-,24-21-,25-22-,28-27-. The first-order valence-corrected chi connectivity index (χ1v) is 33.8. The lowest BCUT2D eigenvalue weighted by Crippen LogP contribution is -2.30. The molecule has 77 heavy (non-hydrogen) atoms. The highest BCUT2D eigenvalue weighted by atomic mass is 16.6. The Kier molecular flexibility index (Phi) is 63.2. The number of carbonyl (C=O) groups excluding carboxylic acids is 3. The SMILES string of the molecule is CCC/C=C\C/C=C\CCCCCCCC(=O)OC(COC(=O)CCCCCCC/C=C\CCCCCC)COC(=O)CCCCCCCCCCCCCCCCCCCCCCC/C=C\C/C=C\CCCCCCC. The lowest BCUT2D eigenvalue weighted by Gasteiger charge is -2.18. The van der Waals surface area contributed by atoms with Gasteiger partial charge in [0.1, 0.15) is 13.2 Å². The van der Waals surface area contributed by atoms with Crippen molar-refractivity contribution < 1.29 is 28.6 Å². The van der Waals surface area contributed by atoms with Gasteiger partial charge in [-0.1, -0.05) is 293 Å². The molecule has 0 amide bonds. The van der Waals surface area contributed by atoms with Crippen molar-refractivity contribution in [3.8, 4) is 0 Å². The molecule has 0 saturated heterocycles. The lowest BCUT2D eigenvalue weighted by atomic mass is 10.0. The van der Waals surface area contributed by atoms with E-state index in [-0.39, 0.29) is 31.1 Å². The molecule has 0 radical (unpaired) electrons. The van der Waals surface area contributed by atoms with Crippen molar-refractivity contribution in [2.45, 2.75) is 361 Å². The molecular formula is C71H128O6. The van der Waals surface area contributed by atoms with Crippen LogP contribution in [0.4, 0.5) is 0 Å². The van der Waals surface area contributed by atoms with E-state index in [2.05, 4.69) is 81.5 Å². The number of hydrogen-bond acceptors (Lipinski definition) is 6. The highest BCUT2D eigenvalue weighted by Crippen LogP contribution is 2.17. The summed E-state index contributed by atoms with van der Waals surface area (Å²) in [7, 11) is 0. The normalized spacial score (nSPS) is 12.4. The van der Waals surface area contributed by atoms with Gasteiger partial charge in [-0.2, -0.15) is 0 Å². The summed E-state index contributed by atoms with van der Waals surface area (Å²) in [4.78, 5) is 38.2. The summed E-state index contributed by atoms with van der Waals surface area (Å²) in [5, 5.41) is 0. The second-order valence-corrected chi connectivity index (χ2v) is 22.7. The molecule has 1 atom stereocenters. The minimum absolute atomic E-state index is 0.0792. The van der Waals surface area contributed by atoms with Gasteiger partial charge >= 0.3 is 17.9 Å². The Morgan fingerprint density at radius 3 is 0.792 bits per heavy atom. The van der Waals surface area contributed by atoms with Gasteiger partial charge in [0.15, 0.2) is 6.10 Å². The number of rotatable bonds is 62. The number of ether oxygens (including phenoxy) is 3. The van der Waals surface area contributed by atoms with Crippen LogP contribution in [0.25, 0.3) is 0 Å². The van der Waals surface area contributed by atoms with Crippen LogP contribution in [-0.4, -0.2) is 37.2 Å². The molecule has 6 nitrogen and oxygen atoms in total. The van der Waals surface area contributed by atoms with Gasteiger partial charge in [-0.05, 0) is 103 Å². The molecule has 0 bridgehead atoms. The fourth-order valence-corrected chi connectivity index (χ4v) is 9.86. The van der Waals surface area contributed by atoms with Gasteiger partial charge in [0, 0.05) is 19.3 Å². The molecule has 0 aromatic carbocycles. The van der Waals surface area contributed by atoms with Crippen molar-refractivity contribution in [3.63, 3.8) is 0 Å². The van der Waals surface area contributed by atoms with Crippen LogP contribution in [0.15, 0.2) is 60.8 Å². The summed E-state index contributed by atoms with van der Waals surface area (Å²) >= 11 is 0. The monoisotopic (exact) mass is 1080 g/mol. The minimum atomic E-state index is -0.783. The molecule has 0 N–H and O–H groups in total. The molecule has 0 rings (SSSR count). The largest absolute Gasteiger partial charge is 0.462 e. The Morgan fingerprint density at radius 1 is 0.260 bits per heavy atom. The van der Waals surface area contributed by atoms with E-state index >= 15 is 0 Å². The average Bonchev–Trinajstić information content (AvgIpc) is 3.43. The summed E-state index contributed by atoms with van der Waals surface area (Å²) in [5.41, 5.74) is 0. The van der Waals surface area contributed by atoms with E-state index in [9.17, 15) is 14.4 Å². The molecule has 0 aromatic heterocycles. The number of esters is 3. The fraction of sp³-hybridized carbons (Fsp3) is 0.817. The zero-order chi connectivity index (χ0) is 55.7. The highest BCUT2D eigenvalue weighted by molar-refractivity contribution is 5.71.